The molecule has 0 radical (unpaired) electrons. The second kappa shape index (κ2) is 7.49. The summed E-state index contributed by atoms with van der Waals surface area (Å²) < 4.78 is 0. The van der Waals surface area contributed by atoms with E-state index in [-0.39, 0.29) is 17.0 Å². The van der Waals surface area contributed by atoms with Crippen molar-refractivity contribution in [3.8, 4) is 11.3 Å². The van der Waals surface area contributed by atoms with E-state index in [2.05, 4.69) is 4.98 Å². The van der Waals surface area contributed by atoms with Crippen molar-refractivity contribution in [1.29, 1.82) is 0 Å². The van der Waals surface area contributed by atoms with Crippen LogP contribution in [-0.2, 0) is 6.54 Å². The van der Waals surface area contributed by atoms with Crippen molar-refractivity contribution in [3.05, 3.63) is 80.3 Å². The van der Waals surface area contributed by atoms with Gasteiger partial charge in [0.15, 0.2) is 0 Å². The minimum Gasteiger partial charge on any atom is -0.334 e. The van der Waals surface area contributed by atoms with E-state index in [0.29, 0.717) is 18.8 Å². The summed E-state index contributed by atoms with van der Waals surface area (Å²) in [5.74, 6) is -0.243. The monoisotopic (exact) mass is 352 g/mol. The molecule has 0 fully saturated rings. The number of pyridine rings is 1. The van der Waals surface area contributed by atoms with Gasteiger partial charge in [-0.15, -0.1) is 11.3 Å². The van der Waals surface area contributed by atoms with Crippen molar-refractivity contribution in [2.24, 2.45) is 0 Å². The summed E-state index contributed by atoms with van der Waals surface area (Å²) in [7, 11) is 0. The smallest absolute Gasteiger partial charge is 0.261 e. The molecule has 0 unspecified atom stereocenters. The first-order valence-electron chi connectivity index (χ1n) is 8.20. The minimum absolute atomic E-state index is 0.176. The van der Waals surface area contributed by atoms with Crippen LogP contribution in [0.2, 0.25) is 0 Å². The summed E-state index contributed by atoms with van der Waals surface area (Å²) >= 11 is 1.60. The van der Waals surface area contributed by atoms with Gasteiger partial charge in [-0.2, -0.15) is 0 Å². The number of carbonyl (C=O) groups excluding carboxylic acids is 1. The Balaban J connectivity index is 1.87. The Morgan fingerprint density at radius 1 is 1.16 bits per heavy atom. The first kappa shape index (κ1) is 17.2. The zero-order chi connectivity index (χ0) is 17.8. The molecular formula is C20H20N2O2S. The van der Waals surface area contributed by atoms with Crippen LogP contribution in [0.5, 0.6) is 0 Å². The number of hydrogen-bond donors (Lipinski definition) is 1. The quantitative estimate of drug-likeness (QED) is 0.752. The first-order chi connectivity index (χ1) is 12.1. The van der Waals surface area contributed by atoms with E-state index in [4.69, 9.17) is 0 Å². The molecule has 0 saturated carbocycles. The lowest BCUT2D eigenvalue weighted by Gasteiger charge is -2.20. The second-order valence-corrected chi connectivity index (χ2v) is 6.92. The normalized spacial score (nSPS) is 10.6. The number of nitrogens with zero attached hydrogens (tertiary/aromatic N) is 1. The van der Waals surface area contributed by atoms with E-state index >= 15 is 0 Å². The number of thiophene rings is 1. The highest BCUT2D eigenvalue weighted by atomic mass is 32.1. The third-order valence-electron chi connectivity index (χ3n) is 4.06. The van der Waals surface area contributed by atoms with Crippen molar-refractivity contribution in [1.82, 2.24) is 9.88 Å². The Hall–Kier alpha value is -2.66. The molecule has 1 N–H and O–H groups in total. The number of hydrogen-bond acceptors (Lipinski definition) is 3. The molecule has 0 saturated heterocycles. The Morgan fingerprint density at radius 3 is 2.64 bits per heavy atom. The van der Waals surface area contributed by atoms with Gasteiger partial charge in [-0.05, 0) is 49.1 Å². The van der Waals surface area contributed by atoms with Gasteiger partial charge in [0, 0.05) is 17.1 Å². The predicted octanol–water partition coefficient (Wildman–Crippen LogP) is 4.07. The highest BCUT2D eigenvalue weighted by molar-refractivity contribution is 7.09. The number of rotatable bonds is 5. The lowest BCUT2D eigenvalue weighted by atomic mass is 10.1. The van der Waals surface area contributed by atoms with Gasteiger partial charge in [0.05, 0.1) is 6.54 Å². The molecule has 5 heteroatoms. The lowest BCUT2D eigenvalue weighted by Crippen LogP contribution is -2.34. The molecule has 0 aliphatic carbocycles. The van der Waals surface area contributed by atoms with E-state index in [1.807, 2.05) is 55.6 Å². The van der Waals surface area contributed by atoms with E-state index in [1.165, 1.54) is 0 Å². The van der Waals surface area contributed by atoms with Crippen molar-refractivity contribution < 1.29 is 4.79 Å². The SMILES string of the molecule is CCN(Cc1cccs1)C(=O)c1ccc(-c2cccc(C)c2)[nH]c1=O. The molecule has 1 aromatic carbocycles. The third-order valence-corrected chi connectivity index (χ3v) is 4.93. The molecule has 1 amide bonds. The summed E-state index contributed by atoms with van der Waals surface area (Å²) in [5, 5.41) is 1.98. The average molecular weight is 352 g/mol. The van der Waals surface area contributed by atoms with Gasteiger partial charge in [0.25, 0.3) is 11.5 Å². The van der Waals surface area contributed by atoms with E-state index in [0.717, 1.165) is 16.0 Å². The van der Waals surface area contributed by atoms with Crippen molar-refractivity contribution in [3.63, 3.8) is 0 Å². The third kappa shape index (κ3) is 3.88. The van der Waals surface area contributed by atoms with Gasteiger partial charge < -0.3 is 9.88 Å². The number of aromatic nitrogens is 1. The maximum atomic E-state index is 12.7. The van der Waals surface area contributed by atoms with E-state index < -0.39 is 0 Å². The summed E-state index contributed by atoms with van der Waals surface area (Å²) in [5.41, 5.74) is 2.59. The molecule has 4 nitrogen and oxygen atoms in total. The average Bonchev–Trinajstić information content (AvgIpc) is 3.12. The molecule has 3 rings (SSSR count). The Labute approximate surface area is 150 Å². The van der Waals surface area contributed by atoms with Crippen LogP contribution >= 0.6 is 11.3 Å². The number of carbonyl (C=O) groups is 1. The number of aromatic amines is 1. The first-order valence-corrected chi connectivity index (χ1v) is 9.08. The molecule has 0 atom stereocenters. The lowest BCUT2D eigenvalue weighted by molar-refractivity contribution is 0.0752. The maximum Gasteiger partial charge on any atom is 0.261 e. The summed E-state index contributed by atoms with van der Waals surface area (Å²) in [4.78, 5) is 30.8. The van der Waals surface area contributed by atoms with Crippen LogP contribution in [0.1, 0.15) is 27.7 Å². The molecule has 128 valence electrons. The zero-order valence-corrected chi connectivity index (χ0v) is 15.1. The van der Waals surface area contributed by atoms with Gasteiger partial charge in [0.2, 0.25) is 0 Å². The predicted molar refractivity (Wildman–Crippen MR) is 102 cm³/mol. The molecule has 2 heterocycles. The summed E-state index contributed by atoms with van der Waals surface area (Å²) in [6.07, 6.45) is 0. The van der Waals surface area contributed by atoms with Crippen LogP contribution in [0.15, 0.2) is 58.7 Å². The Morgan fingerprint density at radius 2 is 2.00 bits per heavy atom. The number of nitrogens with one attached hydrogen (secondary N) is 1. The van der Waals surface area contributed by atoms with Gasteiger partial charge in [0.1, 0.15) is 5.56 Å². The molecule has 0 aliphatic heterocycles. The molecule has 0 spiro atoms. The van der Waals surface area contributed by atoms with E-state index in [9.17, 15) is 9.59 Å². The highest BCUT2D eigenvalue weighted by Gasteiger charge is 2.18. The van der Waals surface area contributed by atoms with Gasteiger partial charge in [-0.3, -0.25) is 9.59 Å². The number of H-pyrrole nitrogens is 1. The van der Waals surface area contributed by atoms with E-state index in [1.54, 1.807) is 28.4 Å². The van der Waals surface area contributed by atoms with Crippen molar-refractivity contribution in [2.75, 3.05) is 6.54 Å². The fourth-order valence-electron chi connectivity index (χ4n) is 2.71. The van der Waals surface area contributed by atoms with Crippen LogP contribution in [0.3, 0.4) is 0 Å². The molecule has 2 aromatic heterocycles. The molecule has 25 heavy (non-hydrogen) atoms. The number of aryl methyl sites for hydroxylation is 1. The summed E-state index contributed by atoms with van der Waals surface area (Å²) in [6.45, 7) is 4.99. The van der Waals surface area contributed by atoms with Crippen LogP contribution in [0.25, 0.3) is 11.3 Å². The van der Waals surface area contributed by atoms with Gasteiger partial charge in [-0.25, -0.2) is 0 Å². The molecular weight excluding hydrogens is 332 g/mol. The highest BCUT2D eigenvalue weighted by Crippen LogP contribution is 2.18. The molecule has 0 bridgehead atoms. The second-order valence-electron chi connectivity index (χ2n) is 5.88. The van der Waals surface area contributed by atoms with Crippen molar-refractivity contribution >= 4 is 17.2 Å². The standard InChI is InChI=1S/C20H20N2O2S/c1-3-22(13-16-8-5-11-25-16)20(24)17-9-10-18(21-19(17)23)15-7-4-6-14(2)12-15/h4-12H,3,13H2,1-2H3,(H,21,23). The largest absolute Gasteiger partial charge is 0.334 e. The van der Waals surface area contributed by atoms with Crippen LogP contribution in [0.4, 0.5) is 0 Å². The molecule has 0 aliphatic rings. The molecule has 3 aromatic rings. The van der Waals surface area contributed by atoms with Crippen LogP contribution in [-0.4, -0.2) is 22.3 Å². The maximum absolute atomic E-state index is 12.7. The summed E-state index contributed by atoms with van der Waals surface area (Å²) in [6, 6.07) is 15.3. The topological polar surface area (TPSA) is 53.2 Å². The Bertz CT molecular complexity index is 929. The Kier molecular flexibility index (Phi) is 5.14. The van der Waals surface area contributed by atoms with Crippen molar-refractivity contribution in [2.45, 2.75) is 20.4 Å². The number of benzene rings is 1. The fourth-order valence-corrected chi connectivity index (χ4v) is 3.43. The van der Waals surface area contributed by atoms with Crippen LogP contribution in [0, 0.1) is 6.92 Å². The fraction of sp³-hybridized carbons (Fsp3) is 0.200. The van der Waals surface area contributed by atoms with Gasteiger partial charge >= 0.3 is 0 Å². The minimum atomic E-state index is -0.353. The zero-order valence-electron chi connectivity index (χ0n) is 14.3. The number of amides is 1. The van der Waals surface area contributed by atoms with Gasteiger partial charge in [-0.1, -0.05) is 29.8 Å². The van der Waals surface area contributed by atoms with Crippen LogP contribution < -0.4 is 5.56 Å².